The third-order valence-corrected chi connectivity index (χ3v) is 6.16. The molecular weight excluding hydrogens is 288 g/mol. The highest BCUT2D eigenvalue weighted by Crippen LogP contribution is 2.41. The molecule has 1 aromatic carbocycles. The lowest BCUT2D eigenvalue weighted by Crippen LogP contribution is -2.42. The summed E-state index contributed by atoms with van der Waals surface area (Å²) in [6, 6.07) is 7.61. The molecule has 2 bridgehead atoms. The van der Waals surface area contributed by atoms with Gasteiger partial charge in [0.2, 0.25) is 0 Å². The maximum atomic E-state index is 13.1. The van der Waals surface area contributed by atoms with Crippen LogP contribution in [0.3, 0.4) is 0 Å². The summed E-state index contributed by atoms with van der Waals surface area (Å²) >= 11 is 0. The summed E-state index contributed by atoms with van der Waals surface area (Å²) in [5.41, 5.74) is 5.70. The number of hydrazine groups is 1. The van der Waals surface area contributed by atoms with E-state index in [1.165, 1.54) is 12.8 Å². The van der Waals surface area contributed by atoms with E-state index >= 15 is 0 Å². The van der Waals surface area contributed by atoms with Crippen molar-refractivity contribution in [1.82, 2.24) is 9.47 Å². The molecule has 1 aromatic heterocycles. The van der Waals surface area contributed by atoms with E-state index in [0.29, 0.717) is 18.1 Å². The van der Waals surface area contributed by atoms with Crippen molar-refractivity contribution in [3.63, 3.8) is 0 Å². The Hall–Kier alpha value is -2.01. The van der Waals surface area contributed by atoms with Gasteiger partial charge in [0.15, 0.2) is 0 Å². The van der Waals surface area contributed by atoms with Gasteiger partial charge in [0.25, 0.3) is 5.56 Å². The lowest BCUT2D eigenvalue weighted by Gasteiger charge is -2.37. The fourth-order valence-electron chi connectivity index (χ4n) is 4.89. The number of anilines is 2. The highest BCUT2D eigenvalue weighted by molar-refractivity contribution is 6.06. The number of nitrogens with zero attached hydrogens (tertiary/aromatic N) is 3. The molecule has 1 N–H and O–H groups in total. The minimum absolute atomic E-state index is 0.164. The van der Waals surface area contributed by atoms with Gasteiger partial charge in [-0.3, -0.25) is 15.2 Å². The van der Waals surface area contributed by atoms with Crippen molar-refractivity contribution in [3.05, 3.63) is 34.7 Å². The summed E-state index contributed by atoms with van der Waals surface area (Å²) in [6.07, 6.45) is 6.78. The standard InChI is InChI=1S/C18H22N4O/c1-20-11-6-7-12(20)9-13(8-11)22-10-15-17-14(18(22)23)4-3-5-16(17)21(2)19-15/h3-5,10-13,19H,6-9H2,1-2H3. The van der Waals surface area contributed by atoms with Crippen molar-refractivity contribution in [1.29, 1.82) is 0 Å². The Kier molecular flexibility index (Phi) is 2.63. The van der Waals surface area contributed by atoms with Crippen LogP contribution in [-0.2, 0) is 0 Å². The molecule has 2 unspecified atom stereocenters. The fraction of sp³-hybridized carbons (Fsp3) is 0.500. The first-order valence-corrected chi connectivity index (χ1v) is 8.53. The van der Waals surface area contributed by atoms with Crippen molar-refractivity contribution in [3.8, 4) is 0 Å². The molecule has 0 spiro atoms. The van der Waals surface area contributed by atoms with Gasteiger partial charge >= 0.3 is 0 Å². The molecule has 3 aliphatic heterocycles. The lowest BCUT2D eigenvalue weighted by atomic mass is 9.97. The molecule has 23 heavy (non-hydrogen) atoms. The van der Waals surface area contributed by atoms with Gasteiger partial charge in [-0.05, 0) is 44.9 Å². The van der Waals surface area contributed by atoms with Crippen LogP contribution in [0, 0.1) is 0 Å². The van der Waals surface area contributed by atoms with Crippen LogP contribution in [0.5, 0.6) is 0 Å². The van der Waals surface area contributed by atoms with Crippen LogP contribution in [0.1, 0.15) is 31.7 Å². The van der Waals surface area contributed by atoms with Gasteiger partial charge in [-0.25, -0.2) is 0 Å². The quantitative estimate of drug-likeness (QED) is 0.879. The molecule has 2 saturated heterocycles. The van der Waals surface area contributed by atoms with Crippen molar-refractivity contribution in [2.75, 3.05) is 24.5 Å². The van der Waals surface area contributed by atoms with Crippen LogP contribution < -0.4 is 16.0 Å². The minimum Gasteiger partial charge on any atom is -0.310 e. The molecule has 5 heteroatoms. The predicted octanol–water partition coefficient (Wildman–Crippen LogP) is 2.58. The van der Waals surface area contributed by atoms with Gasteiger partial charge in [0.05, 0.1) is 16.8 Å². The number of pyridine rings is 1. The highest BCUT2D eigenvalue weighted by atomic mass is 16.1. The SMILES string of the molecule is CN1Nc2cn(C3CC4CCC(C3)N4C)c(=O)c3cccc1c23. The maximum absolute atomic E-state index is 13.1. The molecule has 0 aliphatic carbocycles. The number of hydrogen-bond donors (Lipinski definition) is 1. The second kappa shape index (κ2) is 4.51. The first-order chi connectivity index (χ1) is 11.1. The number of fused-ring (bicyclic) bond motifs is 2. The van der Waals surface area contributed by atoms with Crippen LogP contribution in [-0.4, -0.2) is 35.6 Å². The Morgan fingerprint density at radius 3 is 2.57 bits per heavy atom. The van der Waals surface area contributed by atoms with Gasteiger partial charge in [0.1, 0.15) is 0 Å². The van der Waals surface area contributed by atoms with E-state index in [-0.39, 0.29) is 5.56 Å². The summed E-state index contributed by atoms with van der Waals surface area (Å²) in [6.45, 7) is 0. The van der Waals surface area contributed by atoms with Gasteiger partial charge in [-0.2, -0.15) is 0 Å². The second-order valence-corrected chi connectivity index (χ2v) is 7.30. The number of rotatable bonds is 1. The molecule has 5 nitrogen and oxygen atoms in total. The van der Waals surface area contributed by atoms with E-state index in [1.54, 1.807) is 0 Å². The molecule has 3 aliphatic rings. The van der Waals surface area contributed by atoms with Crippen molar-refractivity contribution in [2.45, 2.75) is 43.8 Å². The maximum Gasteiger partial charge on any atom is 0.258 e. The number of piperidine rings is 1. The number of nitrogens with one attached hydrogen (secondary N) is 1. The average molecular weight is 310 g/mol. The molecule has 4 heterocycles. The predicted molar refractivity (Wildman–Crippen MR) is 93.1 cm³/mol. The number of aromatic nitrogens is 1. The van der Waals surface area contributed by atoms with E-state index in [9.17, 15) is 4.79 Å². The Balaban J connectivity index is 1.66. The van der Waals surface area contributed by atoms with Gasteiger partial charge < -0.3 is 9.47 Å². The third-order valence-electron chi connectivity index (χ3n) is 6.16. The summed E-state index contributed by atoms with van der Waals surface area (Å²) in [4.78, 5) is 15.6. The zero-order valence-electron chi connectivity index (χ0n) is 13.6. The van der Waals surface area contributed by atoms with Crippen LogP contribution in [0.4, 0.5) is 11.4 Å². The minimum atomic E-state index is 0.164. The highest BCUT2D eigenvalue weighted by Gasteiger charge is 2.39. The fourth-order valence-corrected chi connectivity index (χ4v) is 4.89. The molecule has 5 rings (SSSR count). The van der Waals surface area contributed by atoms with E-state index in [4.69, 9.17) is 0 Å². The second-order valence-electron chi connectivity index (χ2n) is 7.30. The van der Waals surface area contributed by atoms with Crippen LogP contribution in [0.25, 0.3) is 10.8 Å². The molecule has 2 atom stereocenters. The summed E-state index contributed by atoms with van der Waals surface area (Å²) < 4.78 is 2.01. The van der Waals surface area contributed by atoms with E-state index in [2.05, 4.69) is 23.4 Å². The normalized spacial score (nSPS) is 29.3. The van der Waals surface area contributed by atoms with Crippen LogP contribution in [0.2, 0.25) is 0 Å². The molecule has 0 saturated carbocycles. The topological polar surface area (TPSA) is 40.5 Å². The Morgan fingerprint density at radius 1 is 1.09 bits per heavy atom. The Morgan fingerprint density at radius 2 is 1.83 bits per heavy atom. The third kappa shape index (κ3) is 1.74. The Bertz CT molecular complexity index is 844. The van der Waals surface area contributed by atoms with Crippen molar-refractivity contribution in [2.24, 2.45) is 0 Å². The van der Waals surface area contributed by atoms with Gasteiger partial charge in [-0.15, -0.1) is 0 Å². The molecule has 0 radical (unpaired) electrons. The smallest absolute Gasteiger partial charge is 0.258 e. The summed E-state index contributed by atoms with van der Waals surface area (Å²) in [5, 5.41) is 3.90. The van der Waals surface area contributed by atoms with Crippen molar-refractivity contribution >= 4 is 22.1 Å². The average Bonchev–Trinajstić information content (AvgIpc) is 2.95. The van der Waals surface area contributed by atoms with Gasteiger partial charge in [-0.1, -0.05) is 6.07 Å². The van der Waals surface area contributed by atoms with Gasteiger partial charge in [0, 0.05) is 36.8 Å². The van der Waals surface area contributed by atoms with Crippen molar-refractivity contribution < 1.29 is 0 Å². The van der Waals surface area contributed by atoms with E-state index in [0.717, 1.165) is 35.0 Å². The lowest BCUT2D eigenvalue weighted by molar-refractivity contribution is 0.136. The number of benzene rings is 1. The van der Waals surface area contributed by atoms with E-state index < -0.39 is 0 Å². The molecule has 120 valence electrons. The first-order valence-electron chi connectivity index (χ1n) is 8.53. The van der Waals surface area contributed by atoms with Crippen LogP contribution in [0.15, 0.2) is 29.2 Å². The Labute approximate surface area is 135 Å². The molecule has 0 amide bonds. The zero-order chi connectivity index (χ0) is 15.7. The molecular formula is C18H22N4O. The molecule has 2 aromatic rings. The van der Waals surface area contributed by atoms with E-state index in [1.807, 2.05) is 35.0 Å². The monoisotopic (exact) mass is 310 g/mol. The summed E-state index contributed by atoms with van der Waals surface area (Å²) in [5.74, 6) is 0. The largest absolute Gasteiger partial charge is 0.310 e. The molecule has 2 fully saturated rings. The summed E-state index contributed by atoms with van der Waals surface area (Å²) in [7, 11) is 4.24. The zero-order valence-corrected chi connectivity index (χ0v) is 13.6. The van der Waals surface area contributed by atoms with Crippen LogP contribution >= 0.6 is 0 Å². The number of hydrogen-bond acceptors (Lipinski definition) is 4. The first kappa shape index (κ1) is 13.4.